The number of fused-ring (bicyclic) bond motifs is 1. The Labute approximate surface area is 81.2 Å². The van der Waals surface area contributed by atoms with Crippen molar-refractivity contribution in [2.24, 2.45) is 0 Å². The van der Waals surface area contributed by atoms with Crippen LogP contribution in [0.25, 0.3) is 11.0 Å². The summed E-state index contributed by atoms with van der Waals surface area (Å²) < 4.78 is 0. The van der Waals surface area contributed by atoms with E-state index in [0.29, 0.717) is 16.9 Å². The topological polar surface area (TPSA) is 61.6 Å². The van der Waals surface area contributed by atoms with Gasteiger partial charge in [0.2, 0.25) is 0 Å². The van der Waals surface area contributed by atoms with E-state index in [1.54, 1.807) is 25.4 Å². The minimum atomic E-state index is 0.548. The van der Waals surface area contributed by atoms with Crippen LogP contribution in [0.1, 0.15) is 5.56 Å². The molecular weight excluding hydrogens is 176 g/mol. The number of para-hydroxylation sites is 1. The highest BCUT2D eigenvalue weighted by molar-refractivity contribution is 5.81. The molecule has 0 fully saturated rings. The van der Waals surface area contributed by atoms with Crippen LogP contribution in [0.15, 0.2) is 24.4 Å². The molecule has 0 bridgehead atoms. The van der Waals surface area contributed by atoms with Crippen molar-refractivity contribution in [3.63, 3.8) is 0 Å². The SMILES string of the molecule is CNc1cnc2cccc(C#N)c2n1. The summed E-state index contributed by atoms with van der Waals surface area (Å²) in [5.74, 6) is 0.667. The second-order valence-electron chi connectivity index (χ2n) is 2.79. The minimum Gasteiger partial charge on any atom is -0.372 e. The molecule has 4 nitrogen and oxygen atoms in total. The molecule has 0 unspecified atom stereocenters. The van der Waals surface area contributed by atoms with Crippen LogP contribution < -0.4 is 5.32 Å². The van der Waals surface area contributed by atoms with Gasteiger partial charge in [-0.2, -0.15) is 5.26 Å². The van der Waals surface area contributed by atoms with E-state index >= 15 is 0 Å². The first kappa shape index (κ1) is 8.45. The van der Waals surface area contributed by atoms with E-state index in [2.05, 4.69) is 21.4 Å². The predicted molar refractivity (Wildman–Crippen MR) is 53.8 cm³/mol. The van der Waals surface area contributed by atoms with Crippen LogP contribution in [0.4, 0.5) is 5.82 Å². The van der Waals surface area contributed by atoms with Crippen LogP contribution in [0.2, 0.25) is 0 Å². The summed E-state index contributed by atoms with van der Waals surface area (Å²) >= 11 is 0. The van der Waals surface area contributed by atoms with Crippen LogP contribution in [-0.4, -0.2) is 17.0 Å². The highest BCUT2D eigenvalue weighted by Crippen LogP contribution is 2.15. The minimum absolute atomic E-state index is 0.548. The first-order chi connectivity index (χ1) is 6.85. The van der Waals surface area contributed by atoms with Crippen LogP contribution in [-0.2, 0) is 0 Å². The van der Waals surface area contributed by atoms with Crippen molar-refractivity contribution in [3.8, 4) is 6.07 Å². The van der Waals surface area contributed by atoms with Crippen molar-refractivity contribution in [1.82, 2.24) is 9.97 Å². The lowest BCUT2D eigenvalue weighted by atomic mass is 10.2. The fourth-order valence-electron chi connectivity index (χ4n) is 1.24. The Hall–Kier alpha value is -2.15. The van der Waals surface area contributed by atoms with E-state index in [-0.39, 0.29) is 0 Å². The maximum Gasteiger partial charge on any atom is 0.145 e. The third kappa shape index (κ3) is 1.25. The third-order valence-electron chi connectivity index (χ3n) is 1.95. The standard InChI is InChI=1S/C10H8N4/c1-12-9-6-13-8-4-2-3-7(5-11)10(8)14-9/h2-4,6H,1H3,(H,12,14). The van der Waals surface area contributed by atoms with Crippen LogP contribution >= 0.6 is 0 Å². The maximum atomic E-state index is 8.86. The number of anilines is 1. The molecule has 0 aliphatic heterocycles. The van der Waals surface area contributed by atoms with Gasteiger partial charge in [-0.1, -0.05) is 6.07 Å². The smallest absolute Gasteiger partial charge is 0.145 e. The summed E-state index contributed by atoms with van der Waals surface area (Å²) in [4.78, 5) is 8.45. The first-order valence-electron chi connectivity index (χ1n) is 4.19. The maximum absolute atomic E-state index is 8.86. The molecule has 1 heterocycles. The number of rotatable bonds is 1. The Morgan fingerprint density at radius 1 is 1.43 bits per heavy atom. The molecule has 2 aromatic rings. The van der Waals surface area contributed by atoms with Gasteiger partial charge in [-0.05, 0) is 12.1 Å². The van der Waals surface area contributed by atoms with Crippen molar-refractivity contribution in [1.29, 1.82) is 5.26 Å². The Morgan fingerprint density at radius 3 is 3.00 bits per heavy atom. The molecule has 1 aromatic heterocycles. The first-order valence-corrected chi connectivity index (χ1v) is 4.19. The number of benzene rings is 1. The van der Waals surface area contributed by atoms with Gasteiger partial charge >= 0.3 is 0 Å². The van der Waals surface area contributed by atoms with Crippen molar-refractivity contribution < 1.29 is 0 Å². The Morgan fingerprint density at radius 2 is 2.29 bits per heavy atom. The molecule has 4 heteroatoms. The number of hydrogen-bond acceptors (Lipinski definition) is 4. The number of hydrogen-bond donors (Lipinski definition) is 1. The summed E-state index contributed by atoms with van der Waals surface area (Å²) in [7, 11) is 1.77. The van der Waals surface area contributed by atoms with Gasteiger partial charge in [-0.15, -0.1) is 0 Å². The zero-order valence-electron chi connectivity index (χ0n) is 7.65. The third-order valence-corrected chi connectivity index (χ3v) is 1.95. The highest BCUT2D eigenvalue weighted by atomic mass is 15.0. The molecule has 0 saturated heterocycles. The molecule has 1 aromatic carbocycles. The van der Waals surface area contributed by atoms with E-state index < -0.39 is 0 Å². The summed E-state index contributed by atoms with van der Waals surface area (Å²) in [6.07, 6.45) is 1.64. The number of nitriles is 1. The van der Waals surface area contributed by atoms with Crippen LogP contribution in [0.3, 0.4) is 0 Å². The predicted octanol–water partition coefficient (Wildman–Crippen LogP) is 1.54. The number of nitrogens with one attached hydrogen (secondary N) is 1. The zero-order chi connectivity index (χ0) is 9.97. The molecule has 0 saturated carbocycles. The Bertz CT molecular complexity index is 513. The van der Waals surface area contributed by atoms with Crippen molar-refractivity contribution in [3.05, 3.63) is 30.0 Å². The molecular formula is C10H8N4. The monoisotopic (exact) mass is 184 g/mol. The van der Waals surface area contributed by atoms with Crippen molar-refractivity contribution in [2.45, 2.75) is 0 Å². The van der Waals surface area contributed by atoms with Gasteiger partial charge in [0.25, 0.3) is 0 Å². The molecule has 1 N–H and O–H groups in total. The lowest BCUT2D eigenvalue weighted by Gasteiger charge is -2.01. The zero-order valence-corrected chi connectivity index (χ0v) is 7.65. The summed E-state index contributed by atoms with van der Waals surface area (Å²) in [6.45, 7) is 0. The lowest BCUT2D eigenvalue weighted by molar-refractivity contribution is 1.26. The number of nitrogens with zero attached hydrogens (tertiary/aromatic N) is 3. The van der Waals surface area contributed by atoms with E-state index in [1.165, 1.54) is 0 Å². The van der Waals surface area contributed by atoms with Crippen molar-refractivity contribution >= 4 is 16.9 Å². The molecule has 2 rings (SSSR count). The molecule has 0 atom stereocenters. The average molecular weight is 184 g/mol. The molecule has 68 valence electrons. The largest absolute Gasteiger partial charge is 0.372 e. The van der Waals surface area contributed by atoms with Crippen molar-refractivity contribution in [2.75, 3.05) is 12.4 Å². The van der Waals surface area contributed by atoms with Gasteiger partial charge in [0.1, 0.15) is 17.4 Å². The van der Waals surface area contributed by atoms with Gasteiger partial charge in [0.05, 0.1) is 17.3 Å². The van der Waals surface area contributed by atoms with Crippen LogP contribution in [0.5, 0.6) is 0 Å². The second-order valence-corrected chi connectivity index (χ2v) is 2.79. The molecule has 0 aliphatic rings. The molecule has 0 amide bonds. The fraction of sp³-hybridized carbons (Fsp3) is 0.100. The summed E-state index contributed by atoms with van der Waals surface area (Å²) in [5.41, 5.74) is 1.93. The molecule has 14 heavy (non-hydrogen) atoms. The highest BCUT2D eigenvalue weighted by Gasteiger charge is 2.02. The fourth-order valence-corrected chi connectivity index (χ4v) is 1.24. The molecule has 0 radical (unpaired) electrons. The van der Waals surface area contributed by atoms with Gasteiger partial charge < -0.3 is 5.32 Å². The molecule has 0 spiro atoms. The van der Waals surface area contributed by atoms with Gasteiger partial charge in [-0.3, -0.25) is 4.98 Å². The van der Waals surface area contributed by atoms with E-state index in [4.69, 9.17) is 5.26 Å². The average Bonchev–Trinajstić information content (AvgIpc) is 2.27. The van der Waals surface area contributed by atoms with Gasteiger partial charge in [0, 0.05) is 7.05 Å². The van der Waals surface area contributed by atoms with E-state index in [9.17, 15) is 0 Å². The summed E-state index contributed by atoms with van der Waals surface area (Å²) in [6, 6.07) is 7.46. The van der Waals surface area contributed by atoms with Crippen LogP contribution in [0, 0.1) is 11.3 Å². The lowest BCUT2D eigenvalue weighted by Crippen LogP contribution is -1.95. The number of aromatic nitrogens is 2. The van der Waals surface area contributed by atoms with E-state index in [0.717, 1.165) is 5.52 Å². The van der Waals surface area contributed by atoms with Gasteiger partial charge in [0.15, 0.2) is 0 Å². The summed E-state index contributed by atoms with van der Waals surface area (Å²) in [5, 5.41) is 11.7. The molecule has 0 aliphatic carbocycles. The second kappa shape index (κ2) is 3.30. The van der Waals surface area contributed by atoms with E-state index in [1.807, 2.05) is 6.07 Å². The van der Waals surface area contributed by atoms with Gasteiger partial charge in [-0.25, -0.2) is 4.98 Å². The quantitative estimate of drug-likeness (QED) is 0.730. The Kier molecular flexibility index (Phi) is 1.99. The normalized spacial score (nSPS) is 9.71. The Balaban J connectivity index is 2.78.